The first-order valence-corrected chi connectivity index (χ1v) is 10.9. The third-order valence-corrected chi connectivity index (χ3v) is 6.08. The van der Waals surface area contributed by atoms with Crippen LogP contribution in [0.1, 0.15) is 37.4 Å². The lowest BCUT2D eigenvalue weighted by atomic mass is 9.89. The highest BCUT2D eigenvalue weighted by Gasteiger charge is 2.34. The summed E-state index contributed by atoms with van der Waals surface area (Å²) in [5.41, 5.74) is 1.55. The minimum Gasteiger partial charge on any atom is -0.497 e. The number of ether oxygens (including phenoxy) is 2. The maximum absolute atomic E-state index is 12.6. The van der Waals surface area contributed by atoms with Gasteiger partial charge in [0.2, 0.25) is 5.91 Å². The molecule has 0 bridgehead atoms. The van der Waals surface area contributed by atoms with E-state index >= 15 is 0 Å². The van der Waals surface area contributed by atoms with Crippen molar-refractivity contribution in [2.24, 2.45) is 0 Å². The number of amides is 1. The molecule has 0 saturated heterocycles. The van der Waals surface area contributed by atoms with Gasteiger partial charge in [0.25, 0.3) is 0 Å². The summed E-state index contributed by atoms with van der Waals surface area (Å²) in [6.45, 7) is 4.05. The van der Waals surface area contributed by atoms with Crippen LogP contribution in [0.3, 0.4) is 0 Å². The number of carbonyl (C=O) groups is 1. The first-order valence-electron chi connectivity index (χ1n) is 8.95. The first-order chi connectivity index (χ1) is 13.3. The number of nitrogens with one attached hydrogen (secondary N) is 1. The quantitative estimate of drug-likeness (QED) is 0.630. The molecule has 1 atom stereocenters. The minimum atomic E-state index is -0.358. The monoisotopic (exact) mass is 439 g/mol. The van der Waals surface area contributed by atoms with E-state index in [0.29, 0.717) is 28.0 Å². The van der Waals surface area contributed by atoms with Crippen LogP contribution >= 0.6 is 35.0 Å². The van der Waals surface area contributed by atoms with E-state index in [1.54, 1.807) is 19.2 Å². The van der Waals surface area contributed by atoms with Gasteiger partial charge in [0.05, 0.1) is 18.9 Å². The molecule has 28 heavy (non-hydrogen) atoms. The van der Waals surface area contributed by atoms with Crippen molar-refractivity contribution < 1.29 is 14.3 Å². The summed E-state index contributed by atoms with van der Waals surface area (Å²) in [5.74, 6) is 2.49. The SMILES string of the molecule is COc1ccc2c(c1)[C@@H](NC(=O)CSCc1ccc(Cl)cc1Cl)CC(C)(C)O2. The van der Waals surface area contributed by atoms with Crippen molar-refractivity contribution in [2.45, 2.75) is 37.7 Å². The highest BCUT2D eigenvalue weighted by Crippen LogP contribution is 2.41. The Kier molecular flexibility index (Phi) is 6.69. The zero-order valence-corrected chi connectivity index (χ0v) is 18.4. The van der Waals surface area contributed by atoms with Crippen LogP contribution in [0.2, 0.25) is 10.0 Å². The average Bonchev–Trinajstić information content (AvgIpc) is 2.62. The van der Waals surface area contributed by atoms with Crippen LogP contribution in [0.15, 0.2) is 36.4 Å². The summed E-state index contributed by atoms with van der Waals surface area (Å²) in [6.07, 6.45) is 0.687. The number of thioether (sulfide) groups is 1. The third-order valence-electron chi connectivity index (χ3n) is 4.52. The fraction of sp³-hybridized carbons (Fsp3) is 0.381. The molecule has 3 rings (SSSR count). The van der Waals surface area contributed by atoms with Crippen LogP contribution in [-0.4, -0.2) is 24.4 Å². The third kappa shape index (κ3) is 5.28. The molecule has 2 aromatic rings. The molecule has 1 aliphatic rings. The van der Waals surface area contributed by atoms with Crippen LogP contribution in [-0.2, 0) is 10.5 Å². The zero-order valence-electron chi connectivity index (χ0n) is 16.1. The maximum Gasteiger partial charge on any atom is 0.230 e. The Morgan fingerprint density at radius 1 is 1.29 bits per heavy atom. The van der Waals surface area contributed by atoms with Crippen LogP contribution in [0.4, 0.5) is 0 Å². The van der Waals surface area contributed by atoms with E-state index in [2.05, 4.69) is 5.32 Å². The van der Waals surface area contributed by atoms with Crippen LogP contribution in [0.25, 0.3) is 0 Å². The van der Waals surface area contributed by atoms with Gasteiger partial charge in [-0.05, 0) is 49.7 Å². The lowest BCUT2D eigenvalue weighted by molar-refractivity contribution is -0.119. The largest absolute Gasteiger partial charge is 0.497 e. The Hall–Kier alpha value is -1.56. The van der Waals surface area contributed by atoms with Crippen LogP contribution < -0.4 is 14.8 Å². The maximum atomic E-state index is 12.6. The Morgan fingerprint density at radius 2 is 2.07 bits per heavy atom. The molecule has 4 nitrogen and oxygen atoms in total. The van der Waals surface area contributed by atoms with Gasteiger partial charge in [-0.2, -0.15) is 0 Å². The second-order valence-electron chi connectivity index (χ2n) is 7.32. The molecule has 1 N–H and O–H groups in total. The predicted molar refractivity (Wildman–Crippen MR) is 116 cm³/mol. The van der Waals surface area contributed by atoms with Crippen molar-refractivity contribution in [2.75, 3.05) is 12.9 Å². The van der Waals surface area contributed by atoms with Crippen molar-refractivity contribution >= 4 is 40.9 Å². The molecule has 1 heterocycles. The van der Waals surface area contributed by atoms with E-state index in [-0.39, 0.29) is 17.6 Å². The van der Waals surface area contributed by atoms with Gasteiger partial charge in [0.1, 0.15) is 17.1 Å². The molecule has 0 aromatic heterocycles. The Labute approximate surface area is 179 Å². The van der Waals surface area contributed by atoms with E-state index in [4.69, 9.17) is 32.7 Å². The second-order valence-corrected chi connectivity index (χ2v) is 9.15. The van der Waals surface area contributed by atoms with Crippen LogP contribution in [0, 0.1) is 0 Å². The predicted octanol–water partition coefficient (Wildman–Crippen LogP) is 5.65. The van der Waals surface area contributed by atoms with Crippen molar-refractivity contribution in [3.8, 4) is 11.5 Å². The van der Waals surface area contributed by atoms with Gasteiger partial charge in [-0.25, -0.2) is 0 Å². The zero-order chi connectivity index (χ0) is 20.3. The summed E-state index contributed by atoms with van der Waals surface area (Å²) in [6, 6.07) is 11.0. The molecular weight excluding hydrogens is 417 g/mol. The average molecular weight is 440 g/mol. The van der Waals surface area contributed by atoms with Gasteiger partial charge < -0.3 is 14.8 Å². The van der Waals surface area contributed by atoms with E-state index in [9.17, 15) is 4.79 Å². The highest BCUT2D eigenvalue weighted by atomic mass is 35.5. The number of carbonyl (C=O) groups excluding carboxylic acids is 1. The lowest BCUT2D eigenvalue weighted by Crippen LogP contribution is -2.41. The van der Waals surface area contributed by atoms with E-state index in [0.717, 1.165) is 22.6 Å². The number of hydrogen-bond acceptors (Lipinski definition) is 4. The van der Waals surface area contributed by atoms with Gasteiger partial charge in [-0.15, -0.1) is 11.8 Å². The smallest absolute Gasteiger partial charge is 0.230 e. The Morgan fingerprint density at radius 3 is 2.79 bits per heavy atom. The highest BCUT2D eigenvalue weighted by molar-refractivity contribution is 7.99. The number of benzene rings is 2. The van der Waals surface area contributed by atoms with Gasteiger partial charge in [-0.3, -0.25) is 4.79 Å². The van der Waals surface area contributed by atoms with E-state index in [1.807, 2.05) is 38.1 Å². The van der Waals surface area contributed by atoms with E-state index in [1.165, 1.54) is 11.8 Å². The minimum absolute atomic E-state index is 0.0217. The number of hydrogen-bond donors (Lipinski definition) is 1. The summed E-state index contributed by atoms with van der Waals surface area (Å²) >= 11 is 13.6. The van der Waals surface area contributed by atoms with Gasteiger partial charge in [0, 0.05) is 27.8 Å². The van der Waals surface area contributed by atoms with Gasteiger partial charge >= 0.3 is 0 Å². The molecular formula is C21H23Cl2NO3S. The topological polar surface area (TPSA) is 47.6 Å². The van der Waals surface area contributed by atoms with E-state index < -0.39 is 0 Å². The number of fused-ring (bicyclic) bond motifs is 1. The standard InChI is InChI=1S/C21H23Cl2NO3S/c1-21(2)10-18(16-9-15(26-3)6-7-19(16)27-21)24-20(25)12-28-11-13-4-5-14(22)8-17(13)23/h4-9,18H,10-12H2,1-3H3,(H,24,25)/t18-/m0/s1. The molecule has 0 aliphatic carbocycles. The normalized spacial score (nSPS) is 17.4. The number of halogens is 2. The van der Waals surface area contributed by atoms with Gasteiger partial charge in [-0.1, -0.05) is 29.3 Å². The first kappa shape index (κ1) is 21.2. The number of methoxy groups -OCH3 is 1. The summed E-state index contributed by atoms with van der Waals surface area (Å²) in [5, 5.41) is 4.37. The second kappa shape index (κ2) is 8.85. The molecule has 0 radical (unpaired) electrons. The Bertz CT molecular complexity index is 873. The fourth-order valence-electron chi connectivity index (χ4n) is 3.22. The molecule has 1 amide bonds. The molecule has 1 aliphatic heterocycles. The summed E-state index contributed by atoms with van der Waals surface area (Å²) in [4.78, 5) is 12.6. The van der Waals surface area contributed by atoms with Gasteiger partial charge in [0.15, 0.2) is 0 Å². The Balaban J connectivity index is 1.63. The van der Waals surface area contributed by atoms with Crippen molar-refractivity contribution in [3.05, 3.63) is 57.6 Å². The van der Waals surface area contributed by atoms with Crippen LogP contribution in [0.5, 0.6) is 11.5 Å². The summed E-state index contributed by atoms with van der Waals surface area (Å²) in [7, 11) is 1.63. The lowest BCUT2D eigenvalue weighted by Gasteiger charge is -2.38. The molecule has 7 heteroatoms. The van der Waals surface area contributed by atoms with Crippen molar-refractivity contribution in [1.82, 2.24) is 5.32 Å². The molecule has 0 saturated carbocycles. The van der Waals surface area contributed by atoms with Crippen molar-refractivity contribution in [3.63, 3.8) is 0 Å². The molecule has 0 fully saturated rings. The van der Waals surface area contributed by atoms with Crippen molar-refractivity contribution in [1.29, 1.82) is 0 Å². The molecule has 0 unspecified atom stereocenters. The molecule has 2 aromatic carbocycles. The fourth-order valence-corrected chi connectivity index (χ4v) is 4.61. The molecule has 0 spiro atoms. The summed E-state index contributed by atoms with van der Waals surface area (Å²) < 4.78 is 11.4. The number of rotatable bonds is 6. The molecule has 150 valence electrons.